The van der Waals surface area contributed by atoms with Gasteiger partial charge in [0.25, 0.3) is 0 Å². The molecule has 0 aliphatic carbocycles. The van der Waals surface area contributed by atoms with E-state index < -0.39 is 0 Å². The van der Waals surface area contributed by atoms with Gasteiger partial charge in [-0.3, -0.25) is 4.79 Å². The van der Waals surface area contributed by atoms with Crippen molar-refractivity contribution in [2.75, 3.05) is 67.7 Å². The zero-order chi connectivity index (χ0) is 33.3. The van der Waals surface area contributed by atoms with Gasteiger partial charge in [-0.2, -0.15) is 0 Å². The Morgan fingerprint density at radius 1 is 0.837 bits per heavy atom. The molecule has 0 radical (unpaired) electrons. The number of amides is 1. The molecule has 49 heavy (non-hydrogen) atoms. The lowest BCUT2D eigenvalue weighted by atomic mass is 9.80. The van der Waals surface area contributed by atoms with Crippen LogP contribution in [-0.2, 0) is 44.8 Å². The highest BCUT2D eigenvalue weighted by Crippen LogP contribution is 2.54. The van der Waals surface area contributed by atoms with E-state index in [1.807, 2.05) is 19.1 Å². The molecule has 2 N–H and O–H groups in total. The summed E-state index contributed by atoms with van der Waals surface area (Å²) < 4.78 is 18.1. The monoisotopic (exact) mass is 665 g/mol. The fraction of sp³-hybridized carbons (Fsp3) is 0.475. The van der Waals surface area contributed by atoms with E-state index in [0.717, 1.165) is 111 Å². The molecule has 3 aromatic rings. The second-order valence-electron chi connectivity index (χ2n) is 13.8. The predicted octanol–water partition coefficient (Wildman–Crippen LogP) is 5.44. The maximum absolute atomic E-state index is 12.9. The van der Waals surface area contributed by atoms with E-state index in [9.17, 15) is 10.1 Å². The summed E-state index contributed by atoms with van der Waals surface area (Å²) in [6.45, 7) is 8.61. The highest BCUT2D eigenvalue weighted by Gasteiger charge is 2.37. The van der Waals surface area contributed by atoms with Gasteiger partial charge in [-0.25, -0.2) is 5.26 Å². The molecule has 258 valence electrons. The first-order valence-corrected chi connectivity index (χ1v) is 18.3. The lowest BCUT2D eigenvalue weighted by molar-refractivity contribution is -0.162. The van der Waals surface area contributed by atoms with Gasteiger partial charge in [0.1, 0.15) is 17.8 Å². The molecule has 0 fully saturated rings. The minimum Gasteiger partial charge on any atom is -0.455 e. The molecule has 0 spiro atoms. The molecule has 5 heterocycles. The smallest absolute Gasteiger partial charge is 0.224 e. The van der Waals surface area contributed by atoms with Gasteiger partial charge in [0.2, 0.25) is 5.91 Å². The quantitative estimate of drug-likeness (QED) is 0.132. The summed E-state index contributed by atoms with van der Waals surface area (Å²) in [5, 5.41) is 14.4. The average Bonchev–Trinajstić information content (AvgIpc) is 3.12. The molecule has 9 nitrogen and oxygen atoms in total. The van der Waals surface area contributed by atoms with Crippen molar-refractivity contribution in [2.24, 2.45) is 0 Å². The van der Waals surface area contributed by atoms with Crippen molar-refractivity contribution in [1.29, 1.82) is 0 Å². The third-order valence-corrected chi connectivity index (χ3v) is 10.7. The summed E-state index contributed by atoms with van der Waals surface area (Å²) in [7, 11) is 0. The van der Waals surface area contributed by atoms with Crippen LogP contribution in [0.15, 0.2) is 30.3 Å². The summed E-state index contributed by atoms with van der Waals surface area (Å²) in [5.74, 6) is 1.87. The van der Waals surface area contributed by atoms with Crippen LogP contribution < -0.4 is 30.3 Å². The molecule has 3 aromatic carbocycles. The Labute approximate surface area is 288 Å². The third-order valence-electron chi connectivity index (χ3n) is 10.7. The van der Waals surface area contributed by atoms with Crippen LogP contribution in [0.2, 0.25) is 0 Å². The molecular weight excluding hydrogens is 618 g/mol. The van der Waals surface area contributed by atoms with E-state index in [4.69, 9.17) is 19.1 Å². The molecule has 0 unspecified atom stereocenters. The molecule has 8 rings (SSSR count). The Hall–Kier alpha value is -4.05. The first-order chi connectivity index (χ1) is 24.1. The third kappa shape index (κ3) is 6.06. The number of carbonyl (C=O) groups is 1. The Kier molecular flexibility index (Phi) is 9.23. The van der Waals surface area contributed by atoms with Crippen LogP contribution in [0.25, 0.3) is 11.8 Å². The predicted molar refractivity (Wildman–Crippen MR) is 191 cm³/mol. The van der Waals surface area contributed by atoms with Crippen LogP contribution in [0.5, 0.6) is 11.5 Å². The fourth-order valence-electron chi connectivity index (χ4n) is 8.75. The van der Waals surface area contributed by atoms with Gasteiger partial charge in [0.05, 0.1) is 13.2 Å². The van der Waals surface area contributed by atoms with Gasteiger partial charge in [-0.15, -0.1) is 0 Å². The van der Waals surface area contributed by atoms with Gasteiger partial charge in [0.15, 0.2) is 0 Å². The number of aryl methyl sites for hydroxylation is 2. The topological polar surface area (TPSA) is 92.7 Å². The maximum atomic E-state index is 12.9. The Morgan fingerprint density at radius 3 is 2.06 bits per heavy atom. The minimum atomic E-state index is -0.0861. The van der Waals surface area contributed by atoms with Crippen molar-refractivity contribution < 1.29 is 29.1 Å². The van der Waals surface area contributed by atoms with E-state index in [1.165, 1.54) is 39.9 Å². The molecule has 1 amide bonds. The van der Waals surface area contributed by atoms with Gasteiger partial charge >= 0.3 is 0 Å². The zero-order valence-electron chi connectivity index (χ0n) is 28.6. The van der Waals surface area contributed by atoms with Crippen molar-refractivity contribution in [3.8, 4) is 11.5 Å². The standard InChI is InChI=1S/C40H47N3O6/c1-2-46-20-21-47-19-7-12-35(44)41-29-13-14-30(28(22-29)25-48-45)36-33-23-26-8-3-15-42-17-5-10-31(37(26)42)39(33)49-40-32-11-6-18-43-16-4-9-27(38(32)43)24-34(36)40/h13-14,22-25,45H,2-12,15-21H2,1H3,(H,41,44). The minimum absolute atomic E-state index is 0.0861. The number of ether oxygens (including phenoxy) is 3. The van der Waals surface area contributed by atoms with Crippen molar-refractivity contribution in [3.63, 3.8) is 0 Å². The number of carbonyl (C=O) groups excluding carboxylic acids is 1. The second kappa shape index (κ2) is 14.1. The Balaban J connectivity index is 1.24. The van der Waals surface area contributed by atoms with E-state index >= 15 is 0 Å². The van der Waals surface area contributed by atoms with E-state index in [-0.39, 0.29) is 5.91 Å². The number of hydrogen-bond acceptors (Lipinski definition) is 8. The number of fused-ring (bicyclic) bond motifs is 4. The number of nitrogens with one attached hydrogen (secondary N) is 1. The van der Waals surface area contributed by atoms with E-state index in [2.05, 4.69) is 33.3 Å². The number of benzene rings is 3. The van der Waals surface area contributed by atoms with Crippen LogP contribution in [-0.4, -0.2) is 63.8 Å². The number of hydrogen-bond donors (Lipinski definition) is 2. The van der Waals surface area contributed by atoms with Crippen LogP contribution in [0, 0.1) is 0 Å². The average molecular weight is 666 g/mol. The molecule has 0 atom stereocenters. The lowest BCUT2D eigenvalue weighted by Crippen LogP contribution is -2.36. The molecule has 0 saturated carbocycles. The lowest BCUT2D eigenvalue weighted by Gasteiger charge is -2.41. The van der Waals surface area contributed by atoms with E-state index in [0.29, 0.717) is 50.2 Å². The van der Waals surface area contributed by atoms with Gasteiger partial charge in [0, 0.05) is 95.9 Å². The summed E-state index contributed by atoms with van der Waals surface area (Å²) in [4.78, 5) is 22.7. The second-order valence-corrected chi connectivity index (χ2v) is 13.8. The zero-order valence-corrected chi connectivity index (χ0v) is 28.6. The number of rotatable bonds is 10. The molecule has 0 saturated heterocycles. The van der Waals surface area contributed by atoms with Gasteiger partial charge in [-0.1, -0.05) is 6.07 Å². The molecule has 5 aliphatic heterocycles. The molecule has 5 aliphatic rings. The summed E-state index contributed by atoms with van der Waals surface area (Å²) in [5.41, 5.74) is 12.2. The Morgan fingerprint density at radius 2 is 1.45 bits per heavy atom. The maximum Gasteiger partial charge on any atom is 0.224 e. The molecule has 0 bridgehead atoms. The van der Waals surface area contributed by atoms with Crippen molar-refractivity contribution in [3.05, 3.63) is 74.1 Å². The summed E-state index contributed by atoms with van der Waals surface area (Å²) >= 11 is 0. The number of nitrogens with zero attached hydrogens (tertiary/aromatic N) is 2. The fourth-order valence-corrected chi connectivity index (χ4v) is 8.75. The number of anilines is 3. The van der Waals surface area contributed by atoms with Crippen molar-refractivity contribution in [1.82, 2.24) is 0 Å². The Bertz CT molecular complexity index is 1800. The first-order valence-electron chi connectivity index (χ1n) is 18.3. The normalized spacial score (nSPS) is 17.5. The molecular formula is C40H47N3O6. The molecule has 0 aromatic heterocycles. The van der Waals surface area contributed by atoms with Crippen LogP contribution in [0.1, 0.15) is 78.8 Å². The highest BCUT2D eigenvalue weighted by molar-refractivity contribution is 5.94. The first kappa shape index (κ1) is 32.2. The summed E-state index contributed by atoms with van der Waals surface area (Å²) in [6.07, 6.45) is 11.0. The van der Waals surface area contributed by atoms with Crippen LogP contribution in [0.4, 0.5) is 17.1 Å². The van der Waals surface area contributed by atoms with Gasteiger partial charge in [-0.05, 0) is 105 Å². The highest BCUT2D eigenvalue weighted by atomic mass is 17.1. The van der Waals surface area contributed by atoms with Gasteiger partial charge < -0.3 is 34.2 Å². The van der Waals surface area contributed by atoms with Crippen molar-refractivity contribution >= 4 is 34.8 Å². The summed E-state index contributed by atoms with van der Waals surface area (Å²) in [6, 6.07) is 10.6. The van der Waals surface area contributed by atoms with E-state index in [1.54, 1.807) is 0 Å². The molecule has 9 heteroatoms. The SMILES string of the molecule is CCOCCOCCCC(=O)Nc1ccc(=C2c3cc4c5c(c3Oc3c2cc2c6c3CCCN6CCC2)CCCN5CCC4)c(=COO)c1. The van der Waals surface area contributed by atoms with Crippen molar-refractivity contribution in [2.45, 2.75) is 71.1 Å². The van der Waals surface area contributed by atoms with Crippen LogP contribution >= 0.6 is 0 Å². The largest absolute Gasteiger partial charge is 0.455 e. The van der Waals surface area contributed by atoms with Crippen LogP contribution in [0.3, 0.4) is 0 Å².